The molecule has 8 nitrogen and oxygen atoms in total. The second-order valence-electron chi connectivity index (χ2n) is 9.01. The van der Waals surface area contributed by atoms with E-state index in [2.05, 4.69) is 27.6 Å². The number of carbonyl (C=O) groups is 2. The smallest absolute Gasteiger partial charge is 0.257 e. The van der Waals surface area contributed by atoms with Crippen molar-refractivity contribution in [3.8, 4) is 0 Å². The van der Waals surface area contributed by atoms with E-state index in [1.165, 1.54) is 39.0 Å². The molecule has 2 fully saturated rings. The third kappa shape index (κ3) is 4.52. The molecule has 4 rings (SSSR count). The molecule has 2 N–H and O–H groups in total. The van der Waals surface area contributed by atoms with E-state index in [9.17, 15) is 9.59 Å². The molecule has 2 aliphatic rings. The number of nitrogens with zero attached hydrogens (tertiary/aromatic N) is 4. The number of carbonyl (C=O) groups excluding carboxylic acids is 2. The summed E-state index contributed by atoms with van der Waals surface area (Å²) in [6.45, 7) is 7.67. The molecule has 0 aromatic carbocycles. The molecule has 31 heavy (non-hydrogen) atoms. The lowest BCUT2D eigenvalue weighted by Gasteiger charge is -2.30. The predicted octanol–water partition coefficient (Wildman–Crippen LogP) is 3.18. The van der Waals surface area contributed by atoms with Crippen molar-refractivity contribution in [1.29, 1.82) is 0 Å². The zero-order chi connectivity index (χ0) is 22.0. The number of amides is 2. The summed E-state index contributed by atoms with van der Waals surface area (Å²) in [5.74, 6) is 0.514. The number of pyridine rings is 1. The van der Waals surface area contributed by atoms with Gasteiger partial charge < -0.3 is 15.5 Å². The first-order valence-electron chi connectivity index (χ1n) is 11.6. The molecular weight excluding hydrogens is 392 g/mol. The predicted molar refractivity (Wildman–Crippen MR) is 121 cm³/mol. The normalized spacial score (nSPS) is 20.7. The summed E-state index contributed by atoms with van der Waals surface area (Å²) >= 11 is 0. The molecule has 1 saturated heterocycles. The number of hydrogen-bond acceptors (Lipinski definition) is 5. The Morgan fingerprint density at radius 1 is 1.19 bits per heavy atom. The Morgan fingerprint density at radius 2 is 1.97 bits per heavy atom. The van der Waals surface area contributed by atoms with Crippen molar-refractivity contribution in [2.24, 2.45) is 5.92 Å². The molecule has 2 aromatic heterocycles. The fourth-order valence-corrected chi connectivity index (χ4v) is 5.08. The summed E-state index contributed by atoms with van der Waals surface area (Å²) < 4.78 is 1.86. The molecule has 1 saturated carbocycles. The Kier molecular flexibility index (Phi) is 6.43. The van der Waals surface area contributed by atoms with Crippen LogP contribution in [-0.2, 0) is 11.3 Å². The second kappa shape index (κ2) is 9.24. The van der Waals surface area contributed by atoms with Crippen LogP contribution in [0.3, 0.4) is 0 Å². The van der Waals surface area contributed by atoms with Gasteiger partial charge in [0.15, 0.2) is 5.65 Å². The first-order chi connectivity index (χ1) is 15.0. The molecule has 0 bridgehead atoms. The summed E-state index contributed by atoms with van der Waals surface area (Å²) in [4.78, 5) is 31.3. The van der Waals surface area contributed by atoms with E-state index >= 15 is 0 Å². The SMILES string of the molecule is CCn1ncc2c(NC(C)C3CCCCC3)c(C(=O)N3CCC(NC(C)=O)C3)cnc21. The third-order valence-corrected chi connectivity index (χ3v) is 6.81. The standard InChI is InChI=1S/C23H34N6O2/c1-4-29-22-19(13-25-29)21(26-15(2)17-8-6-5-7-9-17)20(12-24-22)23(31)28-11-10-18(14-28)27-16(3)30/h12-13,15,17-18H,4-11,14H2,1-3H3,(H,24,26)(H,27,30). The fourth-order valence-electron chi connectivity index (χ4n) is 5.08. The van der Waals surface area contributed by atoms with Gasteiger partial charge in [-0.3, -0.25) is 9.59 Å². The van der Waals surface area contributed by atoms with Gasteiger partial charge in [0, 0.05) is 44.8 Å². The van der Waals surface area contributed by atoms with Gasteiger partial charge in [0.25, 0.3) is 5.91 Å². The maximum absolute atomic E-state index is 13.5. The average Bonchev–Trinajstić information content (AvgIpc) is 3.40. The van der Waals surface area contributed by atoms with Crippen LogP contribution in [0, 0.1) is 5.92 Å². The Hall–Kier alpha value is -2.64. The van der Waals surface area contributed by atoms with Crippen LogP contribution in [0.2, 0.25) is 0 Å². The third-order valence-electron chi connectivity index (χ3n) is 6.81. The summed E-state index contributed by atoms with van der Waals surface area (Å²) in [6, 6.07) is 0.284. The van der Waals surface area contributed by atoms with Gasteiger partial charge in [-0.05, 0) is 39.0 Å². The number of likely N-dealkylation sites (tertiary alicyclic amines) is 1. The van der Waals surface area contributed by atoms with Gasteiger partial charge in [0.05, 0.1) is 22.8 Å². The van der Waals surface area contributed by atoms with Crippen molar-refractivity contribution in [3.05, 3.63) is 18.0 Å². The Morgan fingerprint density at radius 3 is 2.68 bits per heavy atom. The Balaban J connectivity index is 1.63. The molecular formula is C23H34N6O2. The van der Waals surface area contributed by atoms with Gasteiger partial charge in [0.2, 0.25) is 5.91 Å². The maximum Gasteiger partial charge on any atom is 0.257 e. The molecule has 2 atom stereocenters. The zero-order valence-electron chi connectivity index (χ0n) is 18.9. The first-order valence-corrected chi connectivity index (χ1v) is 11.6. The minimum atomic E-state index is -0.0574. The highest BCUT2D eigenvalue weighted by Crippen LogP contribution is 2.32. The molecule has 0 spiro atoms. The van der Waals surface area contributed by atoms with Gasteiger partial charge in [-0.2, -0.15) is 5.10 Å². The number of aromatic nitrogens is 3. The number of aryl methyl sites for hydroxylation is 1. The monoisotopic (exact) mass is 426 g/mol. The van der Waals surface area contributed by atoms with Crippen molar-refractivity contribution in [2.45, 2.75) is 77.9 Å². The average molecular weight is 427 g/mol. The largest absolute Gasteiger partial charge is 0.381 e. The van der Waals surface area contributed by atoms with Crippen molar-refractivity contribution < 1.29 is 9.59 Å². The molecule has 2 amide bonds. The molecule has 3 heterocycles. The van der Waals surface area contributed by atoms with Crippen LogP contribution < -0.4 is 10.6 Å². The number of rotatable bonds is 6. The van der Waals surface area contributed by atoms with Gasteiger partial charge in [-0.15, -0.1) is 0 Å². The number of anilines is 1. The summed E-state index contributed by atoms with van der Waals surface area (Å²) in [5, 5.41) is 12.0. The van der Waals surface area contributed by atoms with Gasteiger partial charge >= 0.3 is 0 Å². The summed E-state index contributed by atoms with van der Waals surface area (Å²) in [7, 11) is 0. The summed E-state index contributed by atoms with van der Waals surface area (Å²) in [6.07, 6.45) is 10.6. The summed E-state index contributed by atoms with van der Waals surface area (Å²) in [5.41, 5.74) is 2.24. The van der Waals surface area contributed by atoms with E-state index in [4.69, 9.17) is 0 Å². The minimum Gasteiger partial charge on any atom is -0.381 e. The van der Waals surface area contributed by atoms with Crippen molar-refractivity contribution in [2.75, 3.05) is 18.4 Å². The highest BCUT2D eigenvalue weighted by atomic mass is 16.2. The van der Waals surface area contributed by atoms with Crippen LogP contribution >= 0.6 is 0 Å². The first kappa shape index (κ1) is 21.6. The van der Waals surface area contributed by atoms with Crippen LogP contribution in [0.25, 0.3) is 11.0 Å². The topological polar surface area (TPSA) is 92.2 Å². The van der Waals surface area contributed by atoms with Crippen molar-refractivity contribution in [3.63, 3.8) is 0 Å². The molecule has 1 aliphatic carbocycles. The van der Waals surface area contributed by atoms with E-state index in [0.717, 1.165) is 29.7 Å². The number of fused-ring (bicyclic) bond motifs is 1. The number of hydrogen-bond donors (Lipinski definition) is 2. The molecule has 168 valence electrons. The lowest BCUT2D eigenvalue weighted by Crippen LogP contribution is -2.37. The molecule has 8 heteroatoms. The lowest BCUT2D eigenvalue weighted by atomic mass is 9.84. The lowest BCUT2D eigenvalue weighted by molar-refractivity contribution is -0.119. The zero-order valence-corrected chi connectivity index (χ0v) is 18.9. The van der Waals surface area contributed by atoms with E-state index in [0.29, 0.717) is 24.6 Å². The van der Waals surface area contributed by atoms with Gasteiger partial charge in [0.1, 0.15) is 0 Å². The Labute approximate surface area is 183 Å². The van der Waals surface area contributed by atoms with Crippen LogP contribution in [0.1, 0.15) is 69.7 Å². The second-order valence-corrected chi connectivity index (χ2v) is 9.01. The highest BCUT2D eigenvalue weighted by molar-refractivity contribution is 6.06. The van der Waals surface area contributed by atoms with Crippen LogP contribution in [0.5, 0.6) is 0 Å². The van der Waals surface area contributed by atoms with Crippen LogP contribution in [0.15, 0.2) is 12.4 Å². The highest BCUT2D eigenvalue weighted by Gasteiger charge is 2.31. The van der Waals surface area contributed by atoms with Gasteiger partial charge in [-0.1, -0.05) is 19.3 Å². The van der Waals surface area contributed by atoms with Crippen molar-refractivity contribution >= 4 is 28.5 Å². The quantitative estimate of drug-likeness (QED) is 0.740. The van der Waals surface area contributed by atoms with Crippen molar-refractivity contribution in [1.82, 2.24) is 25.0 Å². The molecule has 1 aliphatic heterocycles. The van der Waals surface area contributed by atoms with E-state index < -0.39 is 0 Å². The van der Waals surface area contributed by atoms with E-state index in [-0.39, 0.29) is 23.9 Å². The Bertz CT molecular complexity index is 949. The maximum atomic E-state index is 13.5. The van der Waals surface area contributed by atoms with Crippen LogP contribution in [-0.4, -0.2) is 56.7 Å². The minimum absolute atomic E-state index is 0.0125. The fraction of sp³-hybridized carbons (Fsp3) is 0.652. The molecule has 0 radical (unpaired) electrons. The van der Waals surface area contributed by atoms with Gasteiger partial charge in [-0.25, -0.2) is 9.67 Å². The van der Waals surface area contributed by atoms with Crippen LogP contribution in [0.4, 0.5) is 5.69 Å². The van der Waals surface area contributed by atoms with E-state index in [1.807, 2.05) is 22.7 Å². The number of nitrogens with one attached hydrogen (secondary N) is 2. The van der Waals surface area contributed by atoms with E-state index in [1.54, 1.807) is 6.20 Å². The molecule has 2 unspecified atom stereocenters. The molecule has 2 aromatic rings.